The van der Waals surface area contributed by atoms with Gasteiger partial charge in [0.05, 0.1) is 21.4 Å². The lowest BCUT2D eigenvalue weighted by Gasteiger charge is -2.36. The van der Waals surface area contributed by atoms with Gasteiger partial charge in [-0.05, 0) is 57.2 Å². The monoisotopic (exact) mass is 511 g/mol. The number of aryl methyl sites for hydroxylation is 1. The maximum absolute atomic E-state index is 12.8. The Bertz CT molecular complexity index is 1200. The molecule has 0 spiro atoms. The minimum Gasteiger partial charge on any atom is -0.365 e. The van der Waals surface area contributed by atoms with Crippen LogP contribution >= 0.6 is 11.3 Å². The lowest BCUT2D eigenvalue weighted by molar-refractivity contribution is 0.188. The van der Waals surface area contributed by atoms with Crippen molar-refractivity contribution in [3.8, 4) is 10.6 Å². The van der Waals surface area contributed by atoms with Crippen LogP contribution in [0.5, 0.6) is 0 Å². The molecular weight excluding hydrogens is 478 g/mol. The highest BCUT2D eigenvalue weighted by Crippen LogP contribution is 2.35. The largest absolute Gasteiger partial charge is 0.365 e. The first kappa shape index (κ1) is 23.1. The number of thiophene rings is 1. The fraction of sp³-hybridized carbons (Fsp3) is 0.560. The summed E-state index contributed by atoms with van der Waals surface area (Å²) in [6.45, 7) is 5.07. The average molecular weight is 512 g/mol. The van der Waals surface area contributed by atoms with Crippen molar-refractivity contribution in [1.82, 2.24) is 25.1 Å². The molecule has 3 aromatic rings. The van der Waals surface area contributed by atoms with Crippen LogP contribution in [0, 0.1) is 0 Å². The molecule has 6 rings (SSSR count). The number of aromatic amines is 1. The van der Waals surface area contributed by atoms with E-state index in [0.29, 0.717) is 23.8 Å². The van der Waals surface area contributed by atoms with Gasteiger partial charge in [0.15, 0.2) is 0 Å². The standard InChI is InChI=1S/C25H33N7OS2/c1-16-5-6-18(15-31(16)2)26-24-23-19(9-13-35(23)33)27-25(28-24)32-10-7-17(8-11-32)20-14-21(30-29-20)22-4-3-12-34-22/h3-4,12,14,16-18H,5-11,13,15H2,1-2H3,(H,29,30)(H,26,27,28)/t16?,18-,35?/m0/s1. The molecule has 3 aliphatic heterocycles. The molecule has 6 heterocycles. The third-order valence-electron chi connectivity index (χ3n) is 7.80. The second-order valence-electron chi connectivity index (χ2n) is 10.1. The van der Waals surface area contributed by atoms with Crippen LogP contribution in [0.3, 0.4) is 0 Å². The van der Waals surface area contributed by atoms with Gasteiger partial charge < -0.3 is 15.1 Å². The summed E-state index contributed by atoms with van der Waals surface area (Å²) in [6, 6.07) is 7.31. The Morgan fingerprint density at radius 1 is 1.20 bits per heavy atom. The number of rotatable bonds is 5. The molecule has 35 heavy (non-hydrogen) atoms. The lowest BCUT2D eigenvalue weighted by Crippen LogP contribution is -2.44. The summed E-state index contributed by atoms with van der Waals surface area (Å²) >= 11 is 1.72. The molecule has 0 bridgehead atoms. The van der Waals surface area contributed by atoms with Gasteiger partial charge in [-0.15, -0.1) is 11.3 Å². The molecule has 0 aromatic carbocycles. The van der Waals surface area contributed by atoms with E-state index in [0.717, 1.165) is 79.8 Å². The van der Waals surface area contributed by atoms with Gasteiger partial charge >= 0.3 is 0 Å². The van der Waals surface area contributed by atoms with Gasteiger partial charge in [-0.1, -0.05) is 6.07 Å². The number of aromatic nitrogens is 4. The van der Waals surface area contributed by atoms with Gasteiger partial charge in [0.2, 0.25) is 5.95 Å². The third-order valence-corrected chi connectivity index (χ3v) is 10.2. The minimum absolute atomic E-state index is 0.323. The van der Waals surface area contributed by atoms with Crippen LogP contribution in [0.4, 0.5) is 11.8 Å². The molecule has 0 amide bonds. The van der Waals surface area contributed by atoms with E-state index < -0.39 is 10.8 Å². The Balaban J connectivity index is 1.17. The zero-order valence-corrected chi connectivity index (χ0v) is 22.0. The van der Waals surface area contributed by atoms with Crippen molar-refractivity contribution in [3.05, 3.63) is 35.0 Å². The highest BCUT2D eigenvalue weighted by atomic mass is 32.2. The number of likely N-dealkylation sites (tertiary alicyclic amines) is 1. The van der Waals surface area contributed by atoms with Gasteiger partial charge in [0.1, 0.15) is 16.4 Å². The Kier molecular flexibility index (Phi) is 6.36. The van der Waals surface area contributed by atoms with Gasteiger partial charge in [0, 0.05) is 55.5 Å². The summed E-state index contributed by atoms with van der Waals surface area (Å²) in [5, 5.41) is 13.6. The first-order chi connectivity index (χ1) is 17.0. The first-order valence-corrected chi connectivity index (χ1v) is 14.8. The van der Waals surface area contributed by atoms with E-state index in [2.05, 4.69) is 62.9 Å². The molecule has 2 N–H and O–H groups in total. The molecule has 186 valence electrons. The zero-order valence-electron chi connectivity index (χ0n) is 20.4. The van der Waals surface area contributed by atoms with E-state index in [1.165, 1.54) is 10.6 Å². The molecule has 10 heteroatoms. The fourth-order valence-electron chi connectivity index (χ4n) is 5.50. The molecule has 2 unspecified atom stereocenters. The number of hydrogen-bond donors (Lipinski definition) is 2. The number of H-pyrrole nitrogens is 1. The number of hydrogen-bond acceptors (Lipinski definition) is 8. The predicted octanol–water partition coefficient (Wildman–Crippen LogP) is 3.87. The number of likely N-dealkylation sites (N-methyl/N-ethyl adjacent to an activating group) is 1. The summed E-state index contributed by atoms with van der Waals surface area (Å²) in [4.78, 5) is 16.6. The predicted molar refractivity (Wildman–Crippen MR) is 142 cm³/mol. The van der Waals surface area contributed by atoms with Crippen LogP contribution in [0.2, 0.25) is 0 Å². The Morgan fingerprint density at radius 2 is 2.06 bits per heavy atom. The maximum Gasteiger partial charge on any atom is 0.227 e. The van der Waals surface area contributed by atoms with Crippen molar-refractivity contribution in [2.75, 3.05) is 42.7 Å². The van der Waals surface area contributed by atoms with Gasteiger partial charge in [-0.3, -0.25) is 9.31 Å². The summed E-state index contributed by atoms with van der Waals surface area (Å²) in [6.07, 6.45) is 5.10. The molecule has 0 saturated carbocycles. The van der Waals surface area contributed by atoms with Crippen LogP contribution in [0.1, 0.15) is 49.9 Å². The quantitative estimate of drug-likeness (QED) is 0.537. The molecule has 2 fully saturated rings. The van der Waals surface area contributed by atoms with Crippen LogP contribution in [0.25, 0.3) is 10.6 Å². The van der Waals surface area contributed by atoms with Crippen LogP contribution in [0.15, 0.2) is 28.5 Å². The average Bonchev–Trinajstić information content (AvgIpc) is 3.63. The smallest absolute Gasteiger partial charge is 0.227 e. The number of nitrogens with one attached hydrogen (secondary N) is 2. The minimum atomic E-state index is -1.01. The Labute approximate surface area is 213 Å². The van der Waals surface area contributed by atoms with Crippen LogP contribution < -0.4 is 10.2 Å². The topological polar surface area (TPSA) is 90.0 Å². The van der Waals surface area contributed by atoms with E-state index in [9.17, 15) is 4.21 Å². The maximum atomic E-state index is 12.8. The SMILES string of the molecule is CC1CC[C@H](Nc2nc(N3CCC(c4cc(-c5cccs5)n[nH]4)CC3)nc3c2S(=O)CC3)CN1C. The summed E-state index contributed by atoms with van der Waals surface area (Å²) in [7, 11) is 1.17. The van der Waals surface area contributed by atoms with E-state index >= 15 is 0 Å². The van der Waals surface area contributed by atoms with Crippen molar-refractivity contribution in [3.63, 3.8) is 0 Å². The summed E-state index contributed by atoms with van der Waals surface area (Å²) in [5.41, 5.74) is 3.21. The fourth-order valence-corrected chi connectivity index (χ4v) is 7.50. The molecule has 3 aromatic heterocycles. The highest BCUT2D eigenvalue weighted by Gasteiger charge is 2.31. The Hall–Kier alpha value is -2.30. The van der Waals surface area contributed by atoms with Gasteiger partial charge in [-0.2, -0.15) is 10.1 Å². The molecule has 2 saturated heterocycles. The Morgan fingerprint density at radius 3 is 2.83 bits per heavy atom. The first-order valence-electron chi connectivity index (χ1n) is 12.7. The number of nitrogens with zero attached hydrogens (tertiary/aromatic N) is 5. The highest BCUT2D eigenvalue weighted by molar-refractivity contribution is 7.85. The third kappa shape index (κ3) is 4.63. The van der Waals surface area contributed by atoms with E-state index in [1.54, 1.807) is 11.3 Å². The molecule has 0 radical (unpaired) electrons. The van der Waals surface area contributed by atoms with E-state index in [1.807, 2.05) is 0 Å². The second kappa shape index (κ2) is 9.63. The van der Waals surface area contributed by atoms with Gasteiger partial charge in [-0.25, -0.2) is 4.98 Å². The van der Waals surface area contributed by atoms with Crippen LogP contribution in [-0.2, 0) is 17.2 Å². The number of fused-ring (bicyclic) bond motifs is 1. The van der Waals surface area contributed by atoms with Gasteiger partial charge in [0.25, 0.3) is 0 Å². The van der Waals surface area contributed by atoms with Crippen molar-refractivity contribution < 1.29 is 4.21 Å². The van der Waals surface area contributed by atoms with E-state index in [4.69, 9.17) is 9.97 Å². The van der Waals surface area contributed by atoms with Crippen molar-refractivity contribution in [2.45, 2.75) is 61.9 Å². The number of piperidine rings is 2. The van der Waals surface area contributed by atoms with Crippen molar-refractivity contribution in [2.24, 2.45) is 0 Å². The zero-order chi connectivity index (χ0) is 23.9. The van der Waals surface area contributed by atoms with E-state index in [-0.39, 0.29) is 0 Å². The molecule has 3 atom stereocenters. The van der Waals surface area contributed by atoms with Crippen LogP contribution in [-0.4, -0.2) is 73.8 Å². The number of anilines is 2. The molecular formula is C25H33N7OS2. The normalized spacial score (nSPS) is 25.7. The molecule has 0 aliphatic carbocycles. The second-order valence-corrected chi connectivity index (χ2v) is 12.6. The van der Waals surface area contributed by atoms with Crippen molar-refractivity contribution in [1.29, 1.82) is 0 Å². The summed E-state index contributed by atoms with van der Waals surface area (Å²) < 4.78 is 12.8. The molecule has 8 nitrogen and oxygen atoms in total. The lowest BCUT2D eigenvalue weighted by atomic mass is 9.93. The summed E-state index contributed by atoms with van der Waals surface area (Å²) in [5.74, 6) is 2.69. The van der Waals surface area contributed by atoms with Crippen molar-refractivity contribution >= 4 is 33.9 Å². The molecule has 3 aliphatic rings.